The highest BCUT2D eigenvalue weighted by Gasteiger charge is 2.37. The Balaban J connectivity index is 1.79. The van der Waals surface area contributed by atoms with Gasteiger partial charge in [0.25, 0.3) is 0 Å². The fraction of sp³-hybridized carbons (Fsp3) is 0.350. The predicted molar refractivity (Wildman–Crippen MR) is 114 cm³/mol. The van der Waals surface area contributed by atoms with Crippen molar-refractivity contribution < 1.29 is 26.4 Å². The highest BCUT2D eigenvalue weighted by Crippen LogP contribution is 2.31. The lowest BCUT2D eigenvalue weighted by atomic mass is 10.1. The second-order valence-corrected chi connectivity index (χ2v) is 10.8. The Kier molecular flexibility index (Phi) is 6.21. The Hall–Kier alpha value is -2.43. The molecule has 0 unspecified atom stereocenters. The normalized spacial score (nSPS) is 16.1. The number of rotatable bonds is 7. The van der Waals surface area contributed by atoms with Crippen LogP contribution in [0.4, 0.5) is 5.69 Å². The number of nitrogens with zero attached hydrogens (tertiary/aromatic N) is 1. The molecule has 10 heteroatoms. The third-order valence-corrected chi connectivity index (χ3v) is 8.35. The average Bonchev–Trinajstić information content (AvgIpc) is 2.93. The highest BCUT2D eigenvalue weighted by atomic mass is 32.2. The van der Waals surface area contributed by atoms with E-state index in [4.69, 9.17) is 4.74 Å². The van der Waals surface area contributed by atoms with Crippen LogP contribution in [0.5, 0.6) is 5.75 Å². The number of methoxy groups -OCH3 is 1. The van der Waals surface area contributed by atoms with E-state index in [1.807, 2.05) is 24.3 Å². The second kappa shape index (κ2) is 8.37. The summed E-state index contributed by atoms with van der Waals surface area (Å²) in [6.07, 6.45) is 0.424. The van der Waals surface area contributed by atoms with Crippen LogP contribution in [0.25, 0.3) is 0 Å². The number of hydrogen-bond acceptors (Lipinski definition) is 6. The number of carbonyl (C=O) groups is 1. The molecule has 0 radical (unpaired) electrons. The molecule has 8 nitrogen and oxygen atoms in total. The predicted octanol–water partition coefficient (Wildman–Crippen LogP) is 1.90. The number of anilines is 1. The van der Waals surface area contributed by atoms with Crippen molar-refractivity contribution in [3.63, 3.8) is 0 Å². The number of sulfonamides is 2. The van der Waals surface area contributed by atoms with Crippen LogP contribution < -0.4 is 13.8 Å². The summed E-state index contributed by atoms with van der Waals surface area (Å²) >= 11 is 0. The van der Waals surface area contributed by atoms with Crippen molar-refractivity contribution in [3.8, 4) is 5.75 Å². The van der Waals surface area contributed by atoms with Crippen molar-refractivity contribution in [2.45, 2.75) is 31.6 Å². The van der Waals surface area contributed by atoms with Gasteiger partial charge in [0, 0.05) is 13.0 Å². The summed E-state index contributed by atoms with van der Waals surface area (Å²) < 4.78 is 58.5. The first kappa shape index (κ1) is 22.3. The molecule has 0 spiro atoms. The van der Waals surface area contributed by atoms with Crippen LogP contribution in [-0.2, 0) is 31.3 Å². The van der Waals surface area contributed by atoms with Gasteiger partial charge in [-0.2, -0.15) is 0 Å². The van der Waals surface area contributed by atoms with Crippen molar-refractivity contribution in [2.75, 3.05) is 23.7 Å². The van der Waals surface area contributed by atoms with E-state index in [2.05, 4.69) is 4.72 Å². The van der Waals surface area contributed by atoms with Crippen LogP contribution in [0.1, 0.15) is 23.1 Å². The van der Waals surface area contributed by atoms with Crippen molar-refractivity contribution in [1.29, 1.82) is 0 Å². The number of benzene rings is 2. The fourth-order valence-corrected chi connectivity index (χ4v) is 6.46. The first-order chi connectivity index (χ1) is 14.0. The van der Waals surface area contributed by atoms with Gasteiger partial charge < -0.3 is 4.74 Å². The van der Waals surface area contributed by atoms with Crippen molar-refractivity contribution >= 4 is 31.6 Å². The Labute approximate surface area is 177 Å². The van der Waals surface area contributed by atoms with E-state index in [1.165, 1.54) is 12.1 Å². The van der Waals surface area contributed by atoms with E-state index < -0.39 is 26.0 Å². The maximum atomic E-state index is 12.9. The zero-order valence-corrected chi connectivity index (χ0v) is 18.6. The van der Waals surface area contributed by atoms with Crippen LogP contribution in [0.3, 0.4) is 0 Å². The number of ether oxygens (including phenoxy) is 1. The molecule has 1 amide bonds. The molecule has 0 atom stereocenters. The number of carbonyl (C=O) groups excluding carboxylic acids is 1. The molecule has 3 rings (SSSR count). The number of amides is 1. The zero-order valence-electron chi connectivity index (χ0n) is 17.0. The molecule has 1 aliphatic heterocycles. The first-order valence-electron chi connectivity index (χ1n) is 9.35. The van der Waals surface area contributed by atoms with E-state index in [0.717, 1.165) is 15.6 Å². The molecule has 1 heterocycles. The van der Waals surface area contributed by atoms with Gasteiger partial charge in [-0.3, -0.25) is 4.79 Å². The van der Waals surface area contributed by atoms with Gasteiger partial charge in [0.1, 0.15) is 5.75 Å². The Morgan fingerprint density at radius 2 is 1.70 bits per heavy atom. The molecule has 0 aromatic heterocycles. The second-order valence-electron chi connectivity index (χ2n) is 7.13. The molecule has 0 bridgehead atoms. The lowest BCUT2D eigenvalue weighted by Gasteiger charge is -2.19. The minimum atomic E-state index is -3.81. The van der Waals surface area contributed by atoms with E-state index >= 15 is 0 Å². The summed E-state index contributed by atoms with van der Waals surface area (Å²) in [6.45, 7) is 3.37. The Morgan fingerprint density at radius 3 is 2.20 bits per heavy atom. The number of aryl methyl sites for hydroxylation is 2. The molecule has 162 valence electrons. The summed E-state index contributed by atoms with van der Waals surface area (Å²) in [5.74, 6) is -0.0251. The van der Waals surface area contributed by atoms with Gasteiger partial charge in [-0.15, -0.1) is 0 Å². The monoisotopic (exact) mass is 452 g/mol. The minimum Gasteiger partial charge on any atom is -0.497 e. The first-order valence-corrected chi connectivity index (χ1v) is 12.4. The van der Waals surface area contributed by atoms with Gasteiger partial charge in [0.2, 0.25) is 26.0 Å². The zero-order chi connectivity index (χ0) is 22.1. The van der Waals surface area contributed by atoms with E-state index in [-0.39, 0.29) is 29.3 Å². The standard InChI is InChI=1S/C20H24N2O6S2/c1-14-12-17(22-19(23)9-11-29(22,24)25)13-15(2)20(14)30(26,27)21-10-8-16-4-6-18(28-3)7-5-16/h4-7,12-13,21H,8-11H2,1-3H3. The molecule has 1 saturated heterocycles. The SMILES string of the molecule is COc1ccc(CCNS(=O)(=O)c2c(C)cc(N3C(=O)CCS3(=O)=O)cc2C)cc1. The summed E-state index contributed by atoms with van der Waals surface area (Å²) in [6, 6.07) is 10.2. The molecular formula is C20H24N2O6S2. The lowest BCUT2D eigenvalue weighted by molar-refractivity contribution is -0.116. The maximum absolute atomic E-state index is 12.9. The summed E-state index contributed by atoms with van der Waals surface area (Å²) in [5.41, 5.74) is 1.87. The van der Waals surface area contributed by atoms with Crippen LogP contribution in [0.15, 0.2) is 41.3 Å². The number of hydrogen-bond donors (Lipinski definition) is 1. The van der Waals surface area contributed by atoms with E-state index in [9.17, 15) is 21.6 Å². The van der Waals surface area contributed by atoms with Gasteiger partial charge in [0.05, 0.1) is 23.4 Å². The van der Waals surface area contributed by atoms with Crippen molar-refractivity contribution in [3.05, 3.63) is 53.1 Å². The summed E-state index contributed by atoms with van der Waals surface area (Å²) in [4.78, 5) is 12.1. The quantitative estimate of drug-likeness (QED) is 0.687. The van der Waals surface area contributed by atoms with Crippen LogP contribution in [-0.4, -0.2) is 42.2 Å². The molecule has 1 N–H and O–H groups in total. The Morgan fingerprint density at radius 1 is 1.10 bits per heavy atom. The van der Waals surface area contributed by atoms with Gasteiger partial charge in [-0.05, 0) is 61.2 Å². The fourth-order valence-electron chi connectivity index (χ4n) is 3.53. The van der Waals surface area contributed by atoms with Crippen molar-refractivity contribution in [1.82, 2.24) is 4.72 Å². The van der Waals surface area contributed by atoms with E-state index in [0.29, 0.717) is 17.5 Å². The highest BCUT2D eigenvalue weighted by molar-refractivity contribution is 7.94. The van der Waals surface area contributed by atoms with Crippen LogP contribution >= 0.6 is 0 Å². The molecule has 0 saturated carbocycles. The van der Waals surface area contributed by atoms with Gasteiger partial charge >= 0.3 is 0 Å². The smallest absolute Gasteiger partial charge is 0.242 e. The minimum absolute atomic E-state index is 0.0760. The molecule has 2 aromatic carbocycles. The average molecular weight is 453 g/mol. The Bertz CT molecular complexity index is 1150. The lowest BCUT2D eigenvalue weighted by Crippen LogP contribution is -2.30. The molecule has 0 aliphatic carbocycles. The van der Waals surface area contributed by atoms with Crippen LogP contribution in [0.2, 0.25) is 0 Å². The largest absolute Gasteiger partial charge is 0.497 e. The molecule has 2 aromatic rings. The van der Waals surface area contributed by atoms with Crippen molar-refractivity contribution in [2.24, 2.45) is 0 Å². The maximum Gasteiger partial charge on any atom is 0.242 e. The molecule has 1 aliphatic rings. The molecular weight excluding hydrogens is 428 g/mol. The number of nitrogens with one attached hydrogen (secondary N) is 1. The molecule has 30 heavy (non-hydrogen) atoms. The van der Waals surface area contributed by atoms with E-state index in [1.54, 1.807) is 21.0 Å². The van der Waals surface area contributed by atoms with Gasteiger partial charge in [-0.1, -0.05) is 12.1 Å². The third kappa shape index (κ3) is 4.50. The van der Waals surface area contributed by atoms with Gasteiger partial charge in [-0.25, -0.2) is 25.9 Å². The van der Waals surface area contributed by atoms with Gasteiger partial charge in [0.15, 0.2) is 0 Å². The topological polar surface area (TPSA) is 110 Å². The summed E-state index contributed by atoms with van der Waals surface area (Å²) in [7, 11) is -5.95. The molecule has 1 fully saturated rings. The third-order valence-electron chi connectivity index (χ3n) is 4.89. The van der Waals surface area contributed by atoms with Crippen LogP contribution in [0, 0.1) is 13.8 Å². The summed E-state index contributed by atoms with van der Waals surface area (Å²) in [5, 5.41) is 0.